The second kappa shape index (κ2) is 8.13. The van der Waals surface area contributed by atoms with Crippen LogP contribution in [-0.4, -0.2) is 23.4 Å². The van der Waals surface area contributed by atoms with Crippen molar-refractivity contribution in [3.8, 4) is 11.5 Å². The van der Waals surface area contributed by atoms with Crippen molar-refractivity contribution in [1.82, 2.24) is 5.32 Å². The number of alkyl carbamates (subject to hydrolysis) is 1. The van der Waals surface area contributed by atoms with Crippen molar-refractivity contribution in [2.75, 3.05) is 5.32 Å². The first kappa shape index (κ1) is 21.0. The highest BCUT2D eigenvalue weighted by molar-refractivity contribution is 6.04. The lowest BCUT2D eigenvalue weighted by Crippen LogP contribution is -2.34. The third-order valence-corrected chi connectivity index (χ3v) is 5.21. The van der Waals surface area contributed by atoms with Crippen molar-refractivity contribution in [2.45, 2.75) is 64.4 Å². The Labute approximate surface area is 182 Å². The summed E-state index contributed by atoms with van der Waals surface area (Å²) in [5.41, 5.74) is 1.50. The van der Waals surface area contributed by atoms with E-state index in [-0.39, 0.29) is 5.91 Å². The summed E-state index contributed by atoms with van der Waals surface area (Å²) in [7, 11) is 0. The Balaban J connectivity index is 1.33. The number of ether oxygens (including phenoxy) is 3. The fourth-order valence-electron chi connectivity index (χ4n) is 3.75. The topological polar surface area (TPSA) is 85.9 Å². The minimum Gasteiger partial charge on any atom is -0.448 e. The molecule has 1 saturated carbocycles. The van der Waals surface area contributed by atoms with Crippen molar-refractivity contribution < 1.29 is 23.8 Å². The molecule has 164 valence electrons. The number of carbonyl (C=O) groups excluding carboxylic acids is 2. The average Bonchev–Trinajstić information content (AvgIpc) is 3.31. The summed E-state index contributed by atoms with van der Waals surface area (Å²) in [4.78, 5) is 24.4. The van der Waals surface area contributed by atoms with E-state index in [1.165, 1.54) is 0 Å². The van der Waals surface area contributed by atoms with Crippen LogP contribution in [0.5, 0.6) is 11.5 Å². The Morgan fingerprint density at radius 1 is 1.00 bits per heavy atom. The van der Waals surface area contributed by atoms with Gasteiger partial charge in [0.05, 0.1) is 0 Å². The van der Waals surface area contributed by atoms with E-state index in [0.717, 1.165) is 37.0 Å². The highest BCUT2D eigenvalue weighted by atomic mass is 16.7. The van der Waals surface area contributed by atoms with E-state index in [2.05, 4.69) is 10.6 Å². The lowest BCUT2D eigenvalue weighted by molar-refractivity contribution is -0.0716. The van der Waals surface area contributed by atoms with Gasteiger partial charge in [0.2, 0.25) is 0 Å². The zero-order chi connectivity index (χ0) is 22.1. The summed E-state index contributed by atoms with van der Waals surface area (Å²) in [6.07, 6.45) is 3.50. The van der Waals surface area contributed by atoms with Crippen molar-refractivity contribution in [3.63, 3.8) is 0 Å². The van der Waals surface area contributed by atoms with Gasteiger partial charge in [0.1, 0.15) is 5.60 Å². The van der Waals surface area contributed by atoms with Crippen LogP contribution in [0.2, 0.25) is 0 Å². The monoisotopic (exact) mass is 424 g/mol. The molecule has 7 heteroatoms. The molecule has 0 bridgehead atoms. The van der Waals surface area contributed by atoms with Gasteiger partial charge in [0.25, 0.3) is 11.7 Å². The molecule has 1 spiro atoms. The van der Waals surface area contributed by atoms with Gasteiger partial charge in [-0.25, -0.2) is 4.79 Å². The Kier molecular flexibility index (Phi) is 5.52. The van der Waals surface area contributed by atoms with Crippen molar-refractivity contribution in [1.29, 1.82) is 0 Å². The first-order chi connectivity index (χ1) is 14.7. The fraction of sp³-hybridized carbons (Fsp3) is 0.417. The Bertz CT molecular complexity index is 972. The zero-order valence-electron chi connectivity index (χ0n) is 18.1. The van der Waals surface area contributed by atoms with Gasteiger partial charge in [-0.1, -0.05) is 12.1 Å². The quantitative estimate of drug-likeness (QED) is 0.721. The lowest BCUT2D eigenvalue weighted by Gasteiger charge is -2.21. The summed E-state index contributed by atoms with van der Waals surface area (Å²) >= 11 is 0. The number of amides is 2. The van der Waals surface area contributed by atoms with Crippen molar-refractivity contribution in [3.05, 3.63) is 53.6 Å². The number of benzene rings is 2. The molecule has 1 aliphatic heterocycles. The van der Waals surface area contributed by atoms with Crippen molar-refractivity contribution in [2.24, 2.45) is 0 Å². The third-order valence-electron chi connectivity index (χ3n) is 5.21. The van der Waals surface area contributed by atoms with Gasteiger partial charge in [-0.15, -0.1) is 0 Å². The SMILES string of the molecule is CC(C)(C)OC(=O)NCc1ccc(C(=O)Nc2ccc3c(c2)OC2(CCCC2)O3)cc1. The standard InChI is InChI=1S/C24H28N2O5/c1-23(2,3)31-22(28)25-15-16-6-8-17(9-7-16)21(27)26-18-10-11-19-20(14-18)30-24(29-19)12-4-5-13-24/h6-11,14H,4-5,12-13,15H2,1-3H3,(H,25,28)(H,26,27). The smallest absolute Gasteiger partial charge is 0.407 e. The summed E-state index contributed by atoms with van der Waals surface area (Å²) in [6.45, 7) is 5.76. The van der Waals surface area contributed by atoms with Crippen LogP contribution in [0.4, 0.5) is 10.5 Å². The van der Waals surface area contributed by atoms with Gasteiger partial charge >= 0.3 is 6.09 Å². The van der Waals surface area contributed by atoms with Crippen LogP contribution in [0.1, 0.15) is 62.4 Å². The van der Waals surface area contributed by atoms with Gasteiger partial charge < -0.3 is 24.8 Å². The number of anilines is 1. The molecular formula is C24H28N2O5. The van der Waals surface area contributed by atoms with E-state index in [1.807, 2.05) is 32.9 Å². The highest BCUT2D eigenvalue weighted by Crippen LogP contribution is 2.47. The fourth-order valence-corrected chi connectivity index (χ4v) is 3.75. The van der Waals surface area contributed by atoms with Crippen LogP contribution in [-0.2, 0) is 11.3 Å². The molecule has 4 rings (SSSR count). The molecule has 0 unspecified atom stereocenters. The van der Waals surface area contributed by atoms with E-state index in [0.29, 0.717) is 23.5 Å². The van der Waals surface area contributed by atoms with Gasteiger partial charge in [-0.05, 0) is 63.4 Å². The van der Waals surface area contributed by atoms with Gasteiger partial charge in [0.15, 0.2) is 11.5 Å². The molecular weight excluding hydrogens is 396 g/mol. The molecule has 2 amide bonds. The largest absolute Gasteiger partial charge is 0.448 e. The molecule has 2 aromatic carbocycles. The zero-order valence-corrected chi connectivity index (χ0v) is 18.1. The van der Waals surface area contributed by atoms with Crippen LogP contribution >= 0.6 is 0 Å². The molecule has 1 heterocycles. The number of rotatable bonds is 4. The number of carbonyl (C=O) groups is 2. The Hall–Kier alpha value is -3.22. The van der Waals surface area contributed by atoms with Crippen LogP contribution in [0.15, 0.2) is 42.5 Å². The molecule has 7 nitrogen and oxygen atoms in total. The predicted octanol–water partition coefficient (Wildman–Crippen LogP) is 5.01. The minimum absolute atomic E-state index is 0.221. The van der Waals surface area contributed by atoms with E-state index in [9.17, 15) is 9.59 Å². The lowest BCUT2D eigenvalue weighted by atomic mass is 10.1. The molecule has 0 saturated heterocycles. The molecule has 2 aromatic rings. The van der Waals surface area contributed by atoms with Crippen LogP contribution in [0.25, 0.3) is 0 Å². The average molecular weight is 424 g/mol. The second-order valence-corrected chi connectivity index (χ2v) is 8.99. The van der Waals surface area contributed by atoms with E-state index in [1.54, 1.807) is 30.3 Å². The molecule has 1 fully saturated rings. The molecule has 2 aliphatic rings. The minimum atomic E-state index is -0.543. The van der Waals surface area contributed by atoms with Gasteiger partial charge in [-0.2, -0.15) is 0 Å². The van der Waals surface area contributed by atoms with Crippen LogP contribution in [0, 0.1) is 0 Å². The number of fused-ring (bicyclic) bond motifs is 1. The number of nitrogens with one attached hydrogen (secondary N) is 2. The second-order valence-electron chi connectivity index (χ2n) is 8.99. The first-order valence-corrected chi connectivity index (χ1v) is 10.6. The highest BCUT2D eigenvalue weighted by Gasteiger charge is 2.44. The number of hydrogen-bond acceptors (Lipinski definition) is 5. The van der Waals surface area contributed by atoms with Crippen LogP contribution < -0.4 is 20.1 Å². The maximum Gasteiger partial charge on any atom is 0.407 e. The predicted molar refractivity (Wildman–Crippen MR) is 116 cm³/mol. The summed E-state index contributed by atoms with van der Waals surface area (Å²) in [6, 6.07) is 12.5. The molecule has 31 heavy (non-hydrogen) atoms. The van der Waals surface area contributed by atoms with Crippen molar-refractivity contribution >= 4 is 17.7 Å². The first-order valence-electron chi connectivity index (χ1n) is 10.6. The molecule has 1 aliphatic carbocycles. The summed E-state index contributed by atoms with van der Waals surface area (Å²) in [5, 5.41) is 5.60. The maximum absolute atomic E-state index is 12.6. The Morgan fingerprint density at radius 2 is 1.68 bits per heavy atom. The van der Waals surface area contributed by atoms with Crippen LogP contribution in [0.3, 0.4) is 0 Å². The summed E-state index contributed by atoms with van der Waals surface area (Å²) < 4.78 is 17.3. The molecule has 0 aromatic heterocycles. The van der Waals surface area contributed by atoms with E-state index >= 15 is 0 Å². The molecule has 2 N–H and O–H groups in total. The number of hydrogen-bond donors (Lipinski definition) is 2. The van der Waals surface area contributed by atoms with Gasteiger partial charge in [0, 0.05) is 36.7 Å². The molecule has 0 radical (unpaired) electrons. The van der Waals surface area contributed by atoms with Gasteiger partial charge in [-0.3, -0.25) is 4.79 Å². The van der Waals surface area contributed by atoms with E-state index < -0.39 is 17.5 Å². The normalized spacial score (nSPS) is 16.2. The maximum atomic E-state index is 12.6. The third kappa shape index (κ3) is 5.10. The van der Waals surface area contributed by atoms with E-state index in [4.69, 9.17) is 14.2 Å². The Morgan fingerprint density at radius 3 is 2.35 bits per heavy atom. The summed E-state index contributed by atoms with van der Waals surface area (Å²) in [5.74, 6) is 0.653. The molecule has 0 atom stereocenters.